The Morgan fingerprint density at radius 1 is 0.653 bits per heavy atom. The van der Waals surface area contributed by atoms with Gasteiger partial charge in [0.15, 0.2) is 0 Å². The second-order valence-corrected chi connectivity index (χ2v) is 13.8. The molecule has 0 saturated carbocycles. The van der Waals surface area contributed by atoms with E-state index >= 15 is 0 Å². The van der Waals surface area contributed by atoms with Gasteiger partial charge in [0.25, 0.3) is 0 Å². The lowest BCUT2D eigenvalue weighted by molar-refractivity contribution is 0.838. The zero-order valence-corrected chi connectivity index (χ0v) is 27.5. The fourth-order valence-corrected chi connectivity index (χ4v) is 8.86. The monoisotopic (exact) mass is 642 g/mol. The molecule has 0 bridgehead atoms. The molecule has 0 atom stereocenters. The van der Waals surface area contributed by atoms with E-state index in [9.17, 15) is 0 Å². The highest BCUT2D eigenvalue weighted by atomic mass is 32.1. The number of aromatic nitrogens is 1. The fraction of sp³-hybridized carbons (Fsp3) is 0.0435. The lowest BCUT2D eigenvalue weighted by Crippen LogP contribution is -2.20. The first-order valence-electron chi connectivity index (χ1n) is 16.8. The van der Waals surface area contributed by atoms with E-state index in [0.29, 0.717) is 0 Å². The molecular formula is C46H30N2S. The molecule has 0 N–H and O–H groups in total. The van der Waals surface area contributed by atoms with Crippen molar-refractivity contribution in [2.24, 2.45) is 0 Å². The second-order valence-electron chi connectivity index (χ2n) is 12.7. The normalized spacial score (nSPS) is 13.7. The van der Waals surface area contributed by atoms with Gasteiger partial charge in [-0.25, -0.2) is 0 Å². The Morgan fingerprint density at radius 2 is 1.45 bits per heavy atom. The molecule has 6 aromatic carbocycles. The van der Waals surface area contributed by atoms with Gasteiger partial charge in [0.1, 0.15) is 0 Å². The van der Waals surface area contributed by atoms with Gasteiger partial charge < -0.3 is 9.47 Å². The van der Waals surface area contributed by atoms with Crippen LogP contribution in [0.2, 0.25) is 0 Å². The molecule has 0 aliphatic heterocycles. The van der Waals surface area contributed by atoms with Gasteiger partial charge in [0.2, 0.25) is 0 Å². The average Bonchev–Trinajstić information content (AvgIpc) is 3.71. The third-order valence-electron chi connectivity index (χ3n) is 9.93. The Bertz CT molecular complexity index is 2790. The van der Waals surface area contributed by atoms with Crippen molar-refractivity contribution in [3.05, 3.63) is 186 Å². The van der Waals surface area contributed by atoms with Crippen molar-refractivity contribution in [3.8, 4) is 5.69 Å². The van der Waals surface area contributed by atoms with Crippen LogP contribution in [-0.4, -0.2) is 4.57 Å². The Balaban J connectivity index is 1.25. The lowest BCUT2D eigenvalue weighted by Gasteiger charge is -2.32. The summed E-state index contributed by atoms with van der Waals surface area (Å²) < 4.78 is 5.14. The van der Waals surface area contributed by atoms with E-state index in [-0.39, 0.29) is 0 Å². The number of nitrogens with zero attached hydrogens (tertiary/aromatic N) is 2. The highest BCUT2D eigenvalue weighted by Crippen LogP contribution is 2.45. The molecule has 0 amide bonds. The summed E-state index contributed by atoms with van der Waals surface area (Å²) in [4.78, 5) is 2.50. The number of benzene rings is 6. The van der Waals surface area contributed by atoms with Crippen LogP contribution in [0, 0.1) is 0 Å². The van der Waals surface area contributed by atoms with Crippen LogP contribution >= 0.6 is 11.3 Å². The van der Waals surface area contributed by atoms with Crippen molar-refractivity contribution in [2.45, 2.75) is 12.8 Å². The smallest absolute Gasteiger partial charge is 0.0616 e. The highest BCUT2D eigenvalue weighted by molar-refractivity contribution is 7.25. The summed E-state index contributed by atoms with van der Waals surface area (Å²) in [6.07, 6.45) is 10.4. The summed E-state index contributed by atoms with van der Waals surface area (Å²) in [6, 6.07) is 48.7. The van der Waals surface area contributed by atoms with Crippen LogP contribution in [0.25, 0.3) is 59.2 Å². The van der Waals surface area contributed by atoms with E-state index in [4.69, 9.17) is 0 Å². The molecule has 2 aromatic heterocycles. The summed E-state index contributed by atoms with van der Waals surface area (Å²) in [5.74, 6) is 0. The first-order valence-corrected chi connectivity index (χ1v) is 17.6. The molecule has 0 fully saturated rings. The van der Waals surface area contributed by atoms with Crippen LogP contribution in [0.3, 0.4) is 0 Å². The van der Waals surface area contributed by atoms with Crippen molar-refractivity contribution < 1.29 is 0 Å². The number of allylic oxidation sites excluding steroid dienone is 5. The molecule has 3 heteroatoms. The van der Waals surface area contributed by atoms with E-state index in [1.165, 1.54) is 64.5 Å². The van der Waals surface area contributed by atoms with Crippen molar-refractivity contribution in [3.63, 3.8) is 0 Å². The van der Waals surface area contributed by atoms with E-state index in [1.54, 1.807) is 0 Å². The zero-order valence-electron chi connectivity index (χ0n) is 26.7. The number of thiophene rings is 1. The first-order chi connectivity index (χ1) is 24.3. The molecule has 49 heavy (non-hydrogen) atoms. The fourth-order valence-electron chi connectivity index (χ4n) is 7.78. The van der Waals surface area contributed by atoms with Crippen molar-refractivity contribution in [1.29, 1.82) is 0 Å². The van der Waals surface area contributed by atoms with Crippen LogP contribution in [0.1, 0.15) is 23.2 Å². The molecule has 0 unspecified atom stereocenters. The largest absolute Gasteiger partial charge is 0.314 e. The molecule has 0 spiro atoms. The van der Waals surface area contributed by atoms with E-state index in [1.807, 2.05) is 23.5 Å². The summed E-state index contributed by atoms with van der Waals surface area (Å²) in [7, 11) is 0. The van der Waals surface area contributed by atoms with Crippen LogP contribution < -0.4 is 4.90 Å². The van der Waals surface area contributed by atoms with Gasteiger partial charge in [-0.15, -0.1) is 11.3 Å². The molecule has 2 aliphatic carbocycles. The van der Waals surface area contributed by atoms with E-state index < -0.39 is 0 Å². The van der Waals surface area contributed by atoms with Gasteiger partial charge >= 0.3 is 0 Å². The number of anilines is 2. The quantitative estimate of drug-likeness (QED) is 0.170. The van der Waals surface area contributed by atoms with Gasteiger partial charge in [0.05, 0.1) is 11.2 Å². The minimum Gasteiger partial charge on any atom is -0.314 e. The van der Waals surface area contributed by atoms with Crippen molar-refractivity contribution >= 4 is 76.2 Å². The maximum Gasteiger partial charge on any atom is 0.0616 e. The molecule has 0 radical (unpaired) electrons. The van der Waals surface area contributed by atoms with E-state index in [0.717, 1.165) is 35.4 Å². The van der Waals surface area contributed by atoms with Gasteiger partial charge in [-0.1, -0.05) is 109 Å². The molecule has 2 nitrogen and oxygen atoms in total. The van der Waals surface area contributed by atoms with Crippen LogP contribution in [0.15, 0.2) is 169 Å². The third-order valence-corrected chi connectivity index (χ3v) is 11.1. The number of hydrogen-bond acceptors (Lipinski definition) is 2. The summed E-state index contributed by atoms with van der Waals surface area (Å²) >= 11 is 1.86. The van der Waals surface area contributed by atoms with Gasteiger partial charge in [-0.3, -0.25) is 0 Å². The van der Waals surface area contributed by atoms with Gasteiger partial charge in [-0.2, -0.15) is 0 Å². The Labute approximate surface area is 288 Å². The highest BCUT2D eigenvalue weighted by Gasteiger charge is 2.27. The molecule has 0 saturated heterocycles. The first kappa shape index (κ1) is 28.0. The topological polar surface area (TPSA) is 8.17 Å². The predicted octanol–water partition coefficient (Wildman–Crippen LogP) is 12.5. The third kappa shape index (κ3) is 4.49. The lowest BCUT2D eigenvalue weighted by atomic mass is 9.95. The maximum absolute atomic E-state index is 3.39. The van der Waals surface area contributed by atoms with Gasteiger partial charge in [-0.05, 0) is 78.9 Å². The molecule has 10 rings (SSSR count). The van der Waals surface area contributed by atoms with Crippen LogP contribution in [-0.2, 0) is 6.42 Å². The zero-order chi connectivity index (χ0) is 32.3. The average molecular weight is 643 g/mol. The van der Waals surface area contributed by atoms with Crippen LogP contribution in [0.5, 0.6) is 0 Å². The minimum absolute atomic E-state index is 0.898. The number of para-hydroxylation sites is 2. The van der Waals surface area contributed by atoms with Crippen molar-refractivity contribution in [2.75, 3.05) is 4.90 Å². The summed E-state index contributed by atoms with van der Waals surface area (Å²) in [5.41, 5.74) is 17.5. The van der Waals surface area contributed by atoms with Gasteiger partial charge in [0, 0.05) is 70.4 Å². The Morgan fingerprint density at radius 3 is 2.35 bits per heavy atom. The Hall–Kier alpha value is -6.08. The number of hydrogen-bond donors (Lipinski definition) is 0. The SMILES string of the molecule is C1=C=C(c2ccccc2N(C2=Cc3c(n(-c4ccccc4)c4c3ccc3ccccc34)CC2)c2ccc3sc4ccccc4c3c2)C=CC=1. The number of rotatable bonds is 5. The standard InChI is InChI=1S/C46H30N2S/c1-3-13-31(14-4-1)36-18-9-11-21-42(36)47(35-25-28-45-41(30-35)38-20-10-12-22-44(38)49-45)34-24-27-43-40(29-34)39-26-23-32-15-7-8-19-37(32)46(39)48(43)33-16-5-2-6-17-33/h1-3,5-13,15-23,25-26,28-30H,24,27H2. The molecular weight excluding hydrogens is 613 g/mol. The summed E-state index contributed by atoms with van der Waals surface area (Å²) in [6.45, 7) is 0. The second kappa shape index (κ2) is 11.3. The molecule has 2 heterocycles. The number of fused-ring (bicyclic) bond motifs is 8. The minimum atomic E-state index is 0.898. The van der Waals surface area contributed by atoms with E-state index in [2.05, 4.69) is 167 Å². The maximum atomic E-state index is 3.39. The van der Waals surface area contributed by atoms with Crippen molar-refractivity contribution in [1.82, 2.24) is 4.57 Å². The van der Waals surface area contributed by atoms with Crippen LogP contribution in [0.4, 0.5) is 11.4 Å². The molecule has 2 aliphatic rings. The Kier molecular flexibility index (Phi) is 6.44. The summed E-state index contributed by atoms with van der Waals surface area (Å²) in [5, 5.41) is 6.43. The molecule has 230 valence electrons. The predicted molar refractivity (Wildman–Crippen MR) is 209 cm³/mol. The molecule has 8 aromatic rings.